The van der Waals surface area contributed by atoms with E-state index in [9.17, 15) is 0 Å². The first-order valence-corrected chi connectivity index (χ1v) is 6.27. The zero-order valence-corrected chi connectivity index (χ0v) is 11.5. The Morgan fingerprint density at radius 1 is 1.05 bits per heavy atom. The summed E-state index contributed by atoms with van der Waals surface area (Å²) in [6, 6.07) is 15.2. The number of halogens is 1. The molecule has 1 aromatic carbocycles. The molecule has 4 heteroatoms. The second-order valence-corrected chi connectivity index (χ2v) is 4.62. The highest BCUT2D eigenvalue weighted by Gasteiger charge is 2.17. The molecule has 100 valence electrons. The number of rotatable bonds is 4. The quantitative estimate of drug-likeness (QED) is 0.868. The molecule has 0 atom stereocenters. The summed E-state index contributed by atoms with van der Waals surface area (Å²) >= 11 is 0. The fourth-order valence-electron chi connectivity index (χ4n) is 2.01. The summed E-state index contributed by atoms with van der Waals surface area (Å²) in [6.07, 6.45) is 4.21. The van der Waals surface area contributed by atoms with Crippen molar-refractivity contribution in [2.24, 2.45) is 0 Å². The Kier molecular flexibility index (Phi) is 4.77. The Hall–Kier alpha value is -1.58. The monoisotopic (exact) mass is 277 g/mol. The van der Waals surface area contributed by atoms with Crippen LogP contribution >= 0.6 is 12.4 Å². The van der Waals surface area contributed by atoms with Gasteiger partial charge in [0.1, 0.15) is 0 Å². The van der Waals surface area contributed by atoms with Gasteiger partial charge in [-0.25, -0.2) is 4.57 Å². The number of benzene rings is 1. The van der Waals surface area contributed by atoms with Crippen LogP contribution in [0.3, 0.4) is 0 Å². The summed E-state index contributed by atoms with van der Waals surface area (Å²) in [4.78, 5) is 0. The van der Waals surface area contributed by atoms with Crippen molar-refractivity contribution in [1.29, 1.82) is 0 Å². The molecule has 3 rings (SSSR count). The maximum absolute atomic E-state index is 5.14. The largest absolute Gasteiger partial charge is 0.377 e. The Bertz CT molecular complexity index is 497. The first kappa shape index (κ1) is 13.8. The topological polar surface area (TPSA) is 25.1 Å². The summed E-state index contributed by atoms with van der Waals surface area (Å²) in [5, 5.41) is 3.43. The minimum Gasteiger partial charge on any atom is -0.377 e. The van der Waals surface area contributed by atoms with Crippen LogP contribution < -0.4 is 9.88 Å². The van der Waals surface area contributed by atoms with Crippen LogP contribution in [-0.4, -0.2) is 19.3 Å². The van der Waals surface area contributed by atoms with E-state index in [0.29, 0.717) is 6.04 Å². The fraction of sp³-hybridized carbons (Fsp3) is 0.267. The molecular weight excluding hydrogens is 260 g/mol. The lowest BCUT2D eigenvalue weighted by molar-refractivity contribution is -0.688. The number of hydrogen-bond donors (Lipinski definition) is 1. The number of nitrogens with zero attached hydrogens (tertiary/aromatic N) is 1. The summed E-state index contributed by atoms with van der Waals surface area (Å²) in [7, 11) is 0. The van der Waals surface area contributed by atoms with E-state index in [2.05, 4.69) is 58.7 Å². The van der Waals surface area contributed by atoms with Crippen LogP contribution in [0.2, 0.25) is 0 Å². The van der Waals surface area contributed by atoms with Gasteiger partial charge in [0.05, 0.1) is 19.3 Å². The molecule has 1 saturated heterocycles. The van der Waals surface area contributed by atoms with E-state index < -0.39 is 0 Å². The third kappa shape index (κ3) is 3.69. The van der Waals surface area contributed by atoms with Crippen LogP contribution in [0.25, 0.3) is 0 Å². The van der Waals surface area contributed by atoms with E-state index in [1.54, 1.807) is 0 Å². The smallest absolute Gasteiger partial charge is 0.173 e. The van der Waals surface area contributed by atoms with Gasteiger partial charge < -0.3 is 10.1 Å². The lowest BCUT2D eigenvalue weighted by atomic mass is 10.2. The molecule has 0 saturated carbocycles. The van der Waals surface area contributed by atoms with Crippen LogP contribution in [0.5, 0.6) is 0 Å². The Morgan fingerprint density at radius 3 is 2.32 bits per heavy atom. The van der Waals surface area contributed by atoms with Gasteiger partial charge in [-0.1, -0.05) is 30.3 Å². The van der Waals surface area contributed by atoms with Gasteiger partial charge >= 0.3 is 0 Å². The molecule has 1 N–H and O–H groups in total. The molecule has 0 spiro atoms. The Balaban J connectivity index is 0.00000133. The van der Waals surface area contributed by atoms with E-state index in [-0.39, 0.29) is 12.4 Å². The molecule has 0 bridgehead atoms. The number of ether oxygens (including phenoxy) is 1. The maximum atomic E-state index is 5.14. The van der Waals surface area contributed by atoms with Crippen molar-refractivity contribution in [3.8, 4) is 0 Å². The van der Waals surface area contributed by atoms with Crippen molar-refractivity contribution in [3.05, 3.63) is 60.4 Å². The molecule has 1 aliphatic rings. The van der Waals surface area contributed by atoms with Gasteiger partial charge in [0.25, 0.3) is 0 Å². The second kappa shape index (κ2) is 6.55. The highest BCUT2D eigenvalue weighted by Crippen LogP contribution is 2.10. The van der Waals surface area contributed by atoms with E-state index in [1.807, 2.05) is 6.07 Å². The highest BCUT2D eigenvalue weighted by molar-refractivity contribution is 5.85. The molecule has 0 aliphatic carbocycles. The van der Waals surface area contributed by atoms with Crippen molar-refractivity contribution < 1.29 is 9.30 Å². The standard InChI is InChI=1S/C15H16N2O.ClH/c1-2-4-13(5-3-1)10-17-8-6-14(7-9-17)16-15-11-18-12-15;/h1-9,15H,10-12H2;1H/p+1. The van der Waals surface area contributed by atoms with Gasteiger partial charge in [-0.15, -0.1) is 12.4 Å². The van der Waals surface area contributed by atoms with Crippen molar-refractivity contribution in [2.75, 3.05) is 18.5 Å². The van der Waals surface area contributed by atoms with E-state index in [0.717, 1.165) is 25.4 Å². The molecule has 3 nitrogen and oxygen atoms in total. The predicted molar refractivity (Wildman–Crippen MR) is 77.7 cm³/mol. The van der Waals surface area contributed by atoms with Crippen molar-refractivity contribution in [3.63, 3.8) is 0 Å². The minimum atomic E-state index is 0. The summed E-state index contributed by atoms with van der Waals surface area (Å²) in [5.74, 6) is 0. The van der Waals surface area contributed by atoms with Crippen LogP contribution in [0.1, 0.15) is 5.56 Å². The van der Waals surface area contributed by atoms with Gasteiger partial charge in [-0.3, -0.25) is 0 Å². The Labute approximate surface area is 119 Å². The number of nitrogens with one attached hydrogen (secondary N) is 1. The number of pyridine rings is 1. The third-order valence-electron chi connectivity index (χ3n) is 3.11. The van der Waals surface area contributed by atoms with Gasteiger partial charge in [0.15, 0.2) is 18.9 Å². The van der Waals surface area contributed by atoms with E-state index in [4.69, 9.17) is 4.74 Å². The molecule has 2 aromatic rings. The molecule has 1 aliphatic heterocycles. The molecule has 1 fully saturated rings. The van der Waals surface area contributed by atoms with Gasteiger partial charge in [0.2, 0.25) is 0 Å². The van der Waals surface area contributed by atoms with Crippen molar-refractivity contribution in [1.82, 2.24) is 0 Å². The van der Waals surface area contributed by atoms with Gasteiger partial charge in [-0.05, 0) is 0 Å². The predicted octanol–water partition coefficient (Wildman–Crippen LogP) is 2.25. The average molecular weight is 278 g/mol. The van der Waals surface area contributed by atoms with Crippen molar-refractivity contribution >= 4 is 18.1 Å². The molecule has 19 heavy (non-hydrogen) atoms. The minimum absolute atomic E-state index is 0. The summed E-state index contributed by atoms with van der Waals surface area (Å²) in [5.41, 5.74) is 2.48. The molecule has 0 radical (unpaired) electrons. The second-order valence-electron chi connectivity index (χ2n) is 4.62. The number of aromatic nitrogens is 1. The summed E-state index contributed by atoms with van der Waals surface area (Å²) < 4.78 is 7.32. The van der Waals surface area contributed by atoms with Crippen LogP contribution in [0, 0.1) is 0 Å². The maximum Gasteiger partial charge on any atom is 0.173 e. The zero-order valence-electron chi connectivity index (χ0n) is 10.7. The lowest BCUT2D eigenvalue weighted by Gasteiger charge is -2.27. The first-order valence-electron chi connectivity index (χ1n) is 6.27. The highest BCUT2D eigenvalue weighted by atomic mass is 35.5. The molecule has 2 heterocycles. The number of anilines is 1. The van der Waals surface area contributed by atoms with E-state index >= 15 is 0 Å². The lowest BCUT2D eigenvalue weighted by Crippen LogP contribution is -2.40. The molecular formula is C15H18ClN2O+. The number of hydrogen-bond acceptors (Lipinski definition) is 2. The fourth-order valence-corrected chi connectivity index (χ4v) is 2.01. The first-order chi connectivity index (χ1) is 8.90. The SMILES string of the molecule is Cl.c1ccc(C[n+]2ccc(NC3COC3)cc2)cc1. The molecule has 1 aromatic heterocycles. The third-order valence-corrected chi connectivity index (χ3v) is 3.11. The van der Waals surface area contributed by atoms with Crippen LogP contribution in [0.15, 0.2) is 54.9 Å². The van der Waals surface area contributed by atoms with Gasteiger partial charge in [-0.2, -0.15) is 0 Å². The average Bonchev–Trinajstić information content (AvgIpc) is 2.37. The van der Waals surface area contributed by atoms with Crippen LogP contribution in [0.4, 0.5) is 5.69 Å². The van der Waals surface area contributed by atoms with E-state index in [1.165, 1.54) is 5.56 Å². The molecule has 0 unspecified atom stereocenters. The zero-order chi connectivity index (χ0) is 12.2. The Morgan fingerprint density at radius 2 is 1.74 bits per heavy atom. The summed E-state index contributed by atoms with van der Waals surface area (Å²) in [6.45, 7) is 2.55. The van der Waals surface area contributed by atoms with Crippen molar-refractivity contribution in [2.45, 2.75) is 12.6 Å². The normalized spacial score (nSPS) is 14.3. The molecule has 0 amide bonds. The van der Waals surface area contributed by atoms with Crippen LogP contribution in [-0.2, 0) is 11.3 Å². The van der Waals surface area contributed by atoms with Gasteiger partial charge in [0, 0.05) is 23.4 Å².